The van der Waals surface area contributed by atoms with Crippen LogP contribution in [0.25, 0.3) is 21.3 Å². The van der Waals surface area contributed by atoms with E-state index in [4.69, 9.17) is 14.7 Å². The van der Waals surface area contributed by atoms with Gasteiger partial charge >= 0.3 is 0 Å². The topological polar surface area (TPSA) is 68.1 Å². The van der Waals surface area contributed by atoms with Gasteiger partial charge in [-0.15, -0.1) is 11.3 Å². The molecule has 0 bridgehead atoms. The Morgan fingerprint density at radius 1 is 1.13 bits per heavy atom. The number of aromatic nitrogens is 4. The third-order valence-corrected chi connectivity index (χ3v) is 6.37. The lowest BCUT2D eigenvalue weighted by atomic mass is 10.1. The van der Waals surface area contributed by atoms with Crippen LogP contribution in [0.15, 0.2) is 48.1 Å². The molecule has 5 rings (SSSR count). The Hall–Kier alpha value is -2.81. The van der Waals surface area contributed by atoms with Gasteiger partial charge in [-0.05, 0) is 17.5 Å². The number of benzene rings is 1. The molecule has 1 aliphatic rings. The van der Waals surface area contributed by atoms with Gasteiger partial charge in [0.15, 0.2) is 0 Å². The Kier molecular flexibility index (Phi) is 5.93. The molecule has 1 aromatic carbocycles. The molecule has 0 saturated carbocycles. The predicted molar refractivity (Wildman–Crippen MR) is 124 cm³/mol. The molecule has 1 aliphatic heterocycles. The smallest absolute Gasteiger partial charge is 0.146 e. The van der Waals surface area contributed by atoms with Crippen molar-refractivity contribution in [2.24, 2.45) is 7.05 Å². The van der Waals surface area contributed by atoms with Crippen molar-refractivity contribution in [1.82, 2.24) is 24.6 Å². The zero-order chi connectivity index (χ0) is 21.0. The fourth-order valence-electron chi connectivity index (χ4n) is 3.90. The molecule has 8 heteroatoms. The fourth-order valence-corrected chi connectivity index (χ4v) is 4.87. The lowest BCUT2D eigenvalue weighted by molar-refractivity contribution is 0.0331. The van der Waals surface area contributed by atoms with Gasteiger partial charge in [-0.1, -0.05) is 30.3 Å². The number of rotatable bonds is 7. The number of aryl methyl sites for hydroxylation is 1. The maximum atomic E-state index is 5.48. The number of thiophene rings is 1. The minimum atomic E-state index is 0.745. The van der Waals surface area contributed by atoms with Crippen LogP contribution in [-0.4, -0.2) is 57.5 Å². The van der Waals surface area contributed by atoms with E-state index in [1.807, 2.05) is 24.0 Å². The molecule has 4 aromatic rings. The normalized spacial score (nSPS) is 14.9. The van der Waals surface area contributed by atoms with Crippen molar-refractivity contribution >= 4 is 27.4 Å². The van der Waals surface area contributed by atoms with Gasteiger partial charge in [-0.3, -0.25) is 9.58 Å². The summed E-state index contributed by atoms with van der Waals surface area (Å²) in [5.41, 5.74) is 3.58. The Labute approximate surface area is 185 Å². The number of morpholine rings is 1. The third-order valence-electron chi connectivity index (χ3n) is 5.50. The highest BCUT2D eigenvalue weighted by atomic mass is 32.1. The van der Waals surface area contributed by atoms with Crippen molar-refractivity contribution < 1.29 is 4.74 Å². The summed E-state index contributed by atoms with van der Waals surface area (Å²) in [4.78, 5) is 13.3. The second-order valence-electron chi connectivity index (χ2n) is 7.77. The van der Waals surface area contributed by atoms with Gasteiger partial charge in [-0.25, -0.2) is 9.97 Å². The first kappa shape index (κ1) is 20.1. The van der Waals surface area contributed by atoms with E-state index in [2.05, 4.69) is 51.2 Å². The number of hydrogen-bond acceptors (Lipinski definition) is 7. The molecule has 0 unspecified atom stereocenters. The second kappa shape index (κ2) is 9.13. The van der Waals surface area contributed by atoms with Crippen LogP contribution in [0.3, 0.4) is 0 Å². The molecule has 31 heavy (non-hydrogen) atoms. The van der Waals surface area contributed by atoms with Gasteiger partial charge < -0.3 is 10.1 Å². The summed E-state index contributed by atoms with van der Waals surface area (Å²) in [6.07, 6.45) is 4.87. The molecule has 160 valence electrons. The number of fused-ring (bicyclic) bond motifs is 1. The highest BCUT2D eigenvalue weighted by Gasteiger charge is 2.18. The molecule has 3 aromatic heterocycles. The molecule has 0 aliphatic carbocycles. The van der Waals surface area contributed by atoms with Crippen molar-refractivity contribution in [3.63, 3.8) is 0 Å². The summed E-state index contributed by atoms with van der Waals surface area (Å²) in [6.45, 7) is 4.93. The van der Waals surface area contributed by atoms with Crippen molar-refractivity contribution in [3.8, 4) is 11.1 Å². The van der Waals surface area contributed by atoms with Crippen LogP contribution in [0.4, 0.5) is 5.82 Å². The lowest BCUT2D eigenvalue weighted by Gasteiger charge is -2.25. The SMILES string of the molecule is Cn1cc(CCNc2nc(CN3CCOCC3)nc3scc(-c4ccccc4)c23)cn1. The summed E-state index contributed by atoms with van der Waals surface area (Å²) >= 11 is 1.68. The molecule has 4 heterocycles. The number of ether oxygens (including phenoxy) is 1. The van der Waals surface area contributed by atoms with Gasteiger partial charge in [0.05, 0.1) is 31.3 Å². The van der Waals surface area contributed by atoms with Crippen molar-refractivity contribution in [3.05, 3.63) is 59.5 Å². The molecule has 7 nitrogen and oxygen atoms in total. The monoisotopic (exact) mass is 434 g/mol. The van der Waals surface area contributed by atoms with E-state index >= 15 is 0 Å². The van der Waals surface area contributed by atoms with Crippen LogP contribution in [0.5, 0.6) is 0 Å². The zero-order valence-corrected chi connectivity index (χ0v) is 18.4. The molecule has 0 atom stereocenters. The summed E-state index contributed by atoms with van der Waals surface area (Å²) in [5.74, 6) is 1.77. The van der Waals surface area contributed by atoms with E-state index < -0.39 is 0 Å². The van der Waals surface area contributed by atoms with Gasteiger partial charge in [0.25, 0.3) is 0 Å². The number of hydrogen-bond donors (Lipinski definition) is 1. The van der Waals surface area contributed by atoms with Crippen molar-refractivity contribution in [2.75, 3.05) is 38.2 Å². The number of nitrogens with zero attached hydrogens (tertiary/aromatic N) is 5. The van der Waals surface area contributed by atoms with Gasteiger partial charge in [-0.2, -0.15) is 5.10 Å². The summed E-state index contributed by atoms with van der Waals surface area (Å²) < 4.78 is 7.32. The van der Waals surface area contributed by atoms with E-state index in [-0.39, 0.29) is 0 Å². The standard InChI is InChI=1S/C23H26N6OS/c1-28-14-17(13-25-28)7-8-24-22-21-19(18-5-3-2-4-6-18)16-31-23(21)27-20(26-22)15-29-9-11-30-12-10-29/h2-6,13-14,16H,7-12,15H2,1H3,(H,24,26,27). The van der Waals surface area contributed by atoms with Crippen LogP contribution < -0.4 is 5.32 Å². The second-order valence-corrected chi connectivity index (χ2v) is 8.63. The molecule has 0 spiro atoms. The summed E-state index contributed by atoms with van der Waals surface area (Å²) in [5, 5.41) is 11.2. The van der Waals surface area contributed by atoms with E-state index in [1.54, 1.807) is 11.3 Å². The minimum absolute atomic E-state index is 0.745. The predicted octanol–water partition coefficient (Wildman–Crippen LogP) is 3.58. The van der Waals surface area contributed by atoms with Crippen LogP contribution in [0.2, 0.25) is 0 Å². The Morgan fingerprint density at radius 3 is 2.74 bits per heavy atom. The molecule has 1 N–H and O–H groups in total. The summed E-state index contributed by atoms with van der Waals surface area (Å²) in [6, 6.07) is 10.5. The molecule has 1 saturated heterocycles. The first-order chi connectivity index (χ1) is 15.3. The van der Waals surface area contributed by atoms with Crippen LogP contribution >= 0.6 is 11.3 Å². The molecule has 0 amide bonds. The average molecular weight is 435 g/mol. The Balaban J connectivity index is 1.46. The molecule has 1 fully saturated rings. The quantitative estimate of drug-likeness (QED) is 0.480. The minimum Gasteiger partial charge on any atom is -0.379 e. The van der Waals surface area contributed by atoms with E-state index in [0.29, 0.717) is 0 Å². The van der Waals surface area contributed by atoms with Crippen LogP contribution in [0.1, 0.15) is 11.4 Å². The fraction of sp³-hybridized carbons (Fsp3) is 0.348. The molecule has 0 radical (unpaired) electrons. The third kappa shape index (κ3) is 4.61. The number of anilines is 1. The lowest BCUT2D eigenvalue weighted by Crippen LogP contribution is -2.36. The van der Waals surface area contributed by atoms with Crippen LogP contribution in [-0.2, 0) is 24.8 Å². The Morgan fingerprint density at radius 2 is 1.97 bits per heavy atom. The van der Waals surface area contributed by atoms with E-state index in [9.17, 15) is 0 Å². The number of nitrogens with one attached hydrogen (secondary N) is 1. The molecular formula is C23H26N6OS. The summed E-state index contributed by atoms with van der Waals surface area (Å²) in [7, 11) is 1.94. The zero-order valence-electron chi connectivity index (χ0n) is 17.6. The van der Waals surface area contributed by atoms with Gasteiger partial charge in [0.1, 0.15) is 16.5 Å². The highest BCUT2D eigenvalue weighted by Crippen LogP contribution is 2.37. The van der Waals surface area contributed by atoms with Crippen molar-refractivity contribution in [2.45, 2.75) is 13.0 Å². The highest BCUT2D eigenvalue weighted by molar-refractivity contribution is 7.17. The van der Waals surface area contributed by atoms with E-state index in [0.717, 1.165) is 67.7 Å². The van der Waals surface area contributed by atoms with Gasteiger partial charge in [0.2, 0.25) is 0 Å². The Bertz CT molecular complexity index is 1150. The first-order valence-corrected chi connectivity index (χ1v) is 11.5. The first-order valence-electron chi connectivity index (χ1n) is 10.6. The largest absolute Gasteiger partial charge is 0.379 e. The average Bonchev–Trinajstić information content (AvgIpc) is 3.41. The molecular weight excluding hydrogens is 408 g/mol. The van der Waals surface area contributed by atoms with Crippen LogP contribution in [0, 0.1) is 0 Å². The maximum Gasteiger partial charge on any atom is 0.146 e. The van der Waals surface area contributed by atoms with Crippen molar-refractivity contribution in [1.29, 1.82) is 0 Å². The maximum absolute atomic E-state index is 5.48. The van der Waals surface area contributed by atoms with Gasteiger partial charge in [0, 0.05) is 43.8 Å². The van der Waals surface area contributed by atoms with E-state index in [1.165, 1.54) is 16.7 Å².